The summed E-state index contributed by atoms with van der Waals surface area (Å²) in [7, 11) is -1.32. The van der Waals surface area contributed by atoms with E-state index in [0.29, 0.717) is 0 Å². The van der Waals surface area contributed by atoms with Crippen molar-refractivity contribution >= 4 is 19.0 Å². The molecule has 0 radical (unpaired) electrons. The Morgan fingerprint density at radius 3 is 1.50 bits per heavy atom. The Balaban J connectivity index is 1.93. The van der Waals surface area contributed by atoms with E-state index in [1.165, 1.54) is 0 Å². The first-order valence-corrected chi connectivity index (χ1v) is 7.82. The van der Waals surface area contributed by atoms with Crippen LogP contribution in [-0.2, 0) is 9.05 Å². The fourth-order valence-corrected chi connectivity index (χ4v) is 3.46. The van der Waals surface area contributed by atoms with Crippen molar-refractivity contribution in [1.82, 2.24) is 0 Å². The van der Waals surface area contributed by atoms with Crippen molar-refractivity contribution in [3.05, 3.63) is 71.8 Å². The Bertz CT molecular complexity index is 458. The van der Waals surface area contributed by atoms with Gasteiger partial charge in [0.2, 0.25) is 0 Å². The van der Waals surface area contributed by atoms with Crippen LogP contribution in [0.1, 0.15) is 23.3 Å². The molecule has 0 amide bonds. The van der Waals surface area contributed by atoms with Gasteiger partial charge in [-0.25, -0.2) is 0 Å². The van der Waals surface area contributed by atoms with E-state index < -0.39 is 7.73 Å². The number of hydrogen-bond donors (Lipinski definition) is 0. The van der Waals surface area contributed by atoms with Crippen LogP contribution in [0, 0.1) is 0 Å². The highest BCUT2D eigenvalue weighted by atomic mass is 35.7. The standard InChI is InChI=1S/C14H12ClO2P/c15-18-16-13(11-7-3-1-4-8-11)14(17-18)12-9-5-2-6-10-12/h1-10,13-14H. The summed E-state index contributed by atoms with van der Waals surface area (Å²) in [6, 6.07) is 20.1. The molecule has 0 aliphatic carbocycles. The van der Waals surface area contributed by atoms with E-state index in [0.717, 1.165) is 11.1 Å². The number of halogens is 1. The third kappa shape index (κ3) is 2.43. The lowest BCUT2D eigenvalue weighted by molar-refractivity contribution is 0.159. The summed E-state index contributed by atoms with van der Waals surface area (Å²) in [5.41, 5.74) is 2.19. The number of rotatable bonds is 2. The molecule has 3 rings (SSSR count). The summed E-state index contributed by atoms with van der Waals surface area (Å²) in [4.78, 5) is 0. The van der Waals surface area contributed by atoms with Gasteiger partial charge in [-0.1, -0.05) is 60.7 Å². The van der Waals surface area contributed by atoms with Gasteiger partial charge in [0.25, 0.3) is 7.73 Å². The van der Waals surface area contributed by atoms with Gasteiger partial charge in [-0.2, -0.15) is 0 Å². The lowest BCUT2D eigenvalue weighted by Crippen LogP contribution is -2.06. The van der Waals surface area contributed by atoms with E-state index in [2.05, 4.69) is 0 Å². The second kappa shape index (κ2) is 5.38. The number of hydrogen-bond acceptors (Lipinski definition) is 2. The lowest BCUT2D eigenvalue weighted by Gasteiger charge is -2.16. The average molecular weight is 279 g/mol. The molecule has 2 unspecified atom stereocenters. The first-order valence-electron chi connectivity index (χ1n) is 5.74. The Hall–Kier alpha value is -0.920. The number of benzene rings is 2. The van der Waals surface area contributed by atoms with Crippen LogP contribution >= 0.6 is 19.0 Å². The highest BCUT2D eigenvalue weighted by molar-refractivity contribution is 7.76. The zero-order valence-electron chi connectivity index (χ0n) is 9.57. The molecule has 0 spiro atoms. The van der Waals surface area contributed by atoms with Gasteiger partial charge in [-0.15, -0.1) is 0 Å². The molecule has 4 heteroatoms. The van der Waals surface area contributed by atoms with Crippen molar-refractivity contribution in [3.8, 4) is 0 Å². The van der Waals surface area contributed by atoms with Crippen LogP contribution in [0.15, 0.2) is 60.7 Å². The molecule has 2 aromatic carbocycles. The molecule has 0 N–H and O–H groups in total. The van der Waals surface area contributed by atoms with Crippen LogP contribution in [0.3, 0.4) is 0 Å². The zero-order chi connectivity index (χ0) is 12.4. The largest absolute Gasteiger partial charge is 0.311 e. The van der Waals surface area contributed by atoms with Gasteiger partial charge in [0.05, 0.1) is 0 Å². The fraction of sp³-hybridized carbons (Fsp3) is 0.143. The second-order valence-electron chi connectivity index (χ2n) is 4.09. The molecule has 0 saturated carbocycles. The van der Waals surface area contributed by atoms with Gasteiger partial charge in [-0.05, 0) is 22.4 Å². The van der Waals surface area contributed by atoms with E-state index in [4.69, 9.17) is 20.3 Å². The van der Waals surface area contributed by atoms with Gasteiger partial charge < -0.3 is 9.05 Å². The van der Waals surface area contributed by atoms with E-state index in [9.17, 15) is 0 Å². The maximum atomic E-state index is 6.02. The first kappa shape index (κ1) is 12.1. The van der Waals surface area contributed by atoms with Crippen LogP contribution in [-0.4, -0.2) is 0 Å². The zero-order valence-corrected chi connectivity index (χ0v) is 11.2. The minimum atomic E-state index is -1.32. The average Bonchev–Trinajstić information content (AvgIpc) is 2.83. The predicted octanol–water partition coefficient (Wildman–Crippen LogP) is 4.98. The van der Waals surface area contributed by atoms with Crippen molar-refractivity contribution in [3.63, 3.8) is 0 Å². The molecule has 92 valence electrons. The minimum absolute atomic E-state index is 0.128. The van der Waals surface area contributed by atoms with Crippen molar-refractivity contribution < 1.29 is 9.05 Å². The molecule has 0 bridgehead atoms. The van der Waals surface area contributed by atoms with Gasteiger partial charge in [0, 0.05) is 0 Å². The second-order valence-corrected chi connectivity index (χ2v) is 5.76. The lowest BCUT2D eigenvalue weighted by atomic mass is 9.99. The molecule has 1 heterocycles. The molecule has 1 aliphatic rings. The summed E-state index contributed by atoms with van der Waals surface area (Å²) in [5.74, 6) is 0. The van der Waals surface area contributed by atoms with Gasteiger partial charge in [0.1, 0.15) is 12.2 Å². The van der Waals surface area contributed by atoms with Crippen LogP contribution in [0.5, 0.6) is 0 Å². The first-order chi connectivity index (χ1) is 8.84. The van der Waals surface area contributed by atoms with Crippen molar-refractivity contribution in [2.45, 2.75) is 12.2 Å². The monoisotopic (exact) mass is 278 g/mol. The molecule has 0 aromatic heterocycles. The quantitative estimate of drug-likeness (QED) is 0.721. The minimum Gasteiger partial charge on any atom is -0.311 e. The van der Waals surface area contributed by atoms with Crippen LogP contribution in [0.2, 0.25) is 0 Å². The molecule has 2 nitrogen and oxygen atoms in total. The molecule has 2 aromatic rings. The SMILES string of the molecule is ClP1OC(c2ccccc2)C(c2ccccc2)O1. The Morgan fingerprint density at radius 2 is 1.11 bits per heavy atom. The molecule has 1 fully saturated rings. The van der Waals surface area contributed by atoms with Gasteiger partial charge in [-0.3, -0.25) is 0 Å². The van der Waals surface area contributed by atoms with Crippen molar-refractivity contribution in [2.24, 2.45) is 0 Å². The third-order valence-electron chi connectivity index (χ3n) is 2.92. The highest BCUT2D eigenvalue weighted by Gasteiger charge is 2.38. The van der Waals surface area contributed by atoms with Crippen LogP contribution in [0.25, 0.3) is 0 Å². The Labute approximate surface area is 112 Å². The van der Waals surface area contributed by atoms with Crippen LogP contribution < -0.4 is 0 Å². The van der Waals surface area contributed by atoms with Crippen molar-refractivity contribution in [2.75, 3.05) is 0 Å². The smallest absolute Gasteiger partial charge is 0.278 e. The molecule has 1 aliphatic heterocycles. The summed E-state index contributed by atoms with van der Waals surface area (Å²) in [6.45, 7) is 0. The topological polar surface area (TPSA) is 18.5 Å². The third-order valence-corrected chi connectivity index (χ3v) is 4.19. The summed E-state index contributed by atoms with van der Waals surface area (Å²) in [5, 5.41) is 0. The predicted molar refractivity (Wildman–Crippen MR) is 73.3 cm³/mol. The molecular weight excluding hydrogens is 267 g/mol. The molecule has 1 saturated heterocycles. The van der Waals surface area contributed by atoms with E-state index in [1.54, 1.807) is 0 Å². The Morgan fingerprint density at radius 1 is 0.722 bits per heavy atom. The van der Waals surface area contributed by atoms with E-state index in [-0.39, 0.29) is 12.2 Å². The maximum absolute atomic E-state index is 6.02. The summed E-state index contributed by atoms with van der Waals surface area (Å²) < 4.78 is 11.4. The van der Waals surface area contributed by atoms with Crippen molar-refractivity contribution in [1.29, 1.82) is 0 Å². The van der Waals surface area contributed by atoms with E-state index in [1.807, 2.05) is 60.7 Å². The molecule has 2 atom stereocenters. The Kier molecular flexibility index (Phi) is 3.62. The summed E-state index contributed by atoms with van der Waals surface area (Å²) in [6.07, 6.45) is -0.255. The maximum Gasteiger partial charge on any atom is 0.278 e. The summed E-state index contributed by atoms with van der Waals surface area (Å²) >= 11 is 6.02. The van der Waals surface area contributed by atoms with Crippen LogP contribution in [0.4, 0.5) is 0 Å². The highest BCUT2D eigenvalue weighted by Crippen LogP contribution is 2.62. The van der Waals surface area contributed by atoms with E-state index >= 15 is 0 Å². The molecular formula is C14H12ClO2P. The van der Waals surface area contributed by atoms with Gasteiger partial charge in [0.15, 0.2) is 0 Å². The van der Waals surface area contributed by atoms with Gasteiger partial charge >= 0.3 is 0 Å². The molecule has 18 heavy (non-hydrogen) atoms. The normalized spacial score (nSPS) is 27.3. The fourth-order valence-electron chi connectivity index (χ4n) is 2.07.